The van der Waals surface area contributed by atoms with Crippen LogP contribution in [0.3, 0.4) is 0 Å². The molecular weight excluding hydrogens is 332 g/mol. The van der Waals surface area contributed by atoms with Crippen LogP contribution in [0.1, 0.15) is 30.0 Å². The predicted octanol–water partition coefficient (Wildman–Crippen LogP) is 5.53. The van der Waals surface area contributed by atoms with Crippen LogP contribution >= 0.6 is 0 Å². The molecule has 0 N–H and O–H groups in total. The maximum atomic E-state index is 11.9. The van der Waals surface area contributed by atoms with Gasteiger partial charge in [-0.3, -0.25) is 0 Å². The van der Waals surface area contributed by atoms with Gasteiger partial charge in [-0.15, -0.1) is 0 Å². The van der Waals surface area contributed by atoms with E-state index in [9.17, 15) is 4.79 Å². The van der Waals surface area contributed by atoms with Gasteiger partial charge in [0.2, 0.25) is 0 Å². The molecule has 0 amide bonds. The summed E-state index contributed by atoms with van der Waals surface area (Å²) in [4.78, 5) is 11.9. The topological polar surface area (TPSA) is 26.3 Å². The molecule has 3 rings (SSSR count). The molecule has 0 atom stereocenters. The second-order valence-electron chi connectivity index (χ2n) is 6.67. The van der Waals surface area contributed by atoms with Gasteiger partial charge in [-0.2, -0.15) is 0 Å². The molecular formula is C25H24O2. The van der Waals surface area contributed by atoms with Crippen molar-refractivity contribution in [3.8, 4) is 0 Å². The van der Waals surface area contributed by atoms with E-state index in [0.29, 0.717) is 18.6 Å². The molecule has 0 spiro atoms. The molecule has 0 aliphatic heterocycles. The first kappa shape index (κ1) is 18.7. The predicted molar refractivity (Wildman–Crippen MR) is 110 cm³/mol. The number of carbonyl (C=O) groups is 1. The van der Waals surface area contributed by atoms with Gasteiger partial charge in [-0.1, -0.05) is 97.6 Å². The number of ether oxygens (including phenoxy) is 1. The highest BCUT2D eigenvalue weighted by molar-refractivity contribution is 5.86. The zero-order chi connectivity index (χ0) is 19.1. The lowest BCUT2D eigenvalue weighted by molar-refractivity contribution is -0.139. The maximum absolute atomic E-state index is 11.9. The quantitative estimate of drug-likeness (QED) is 0.316. The van der Waals surface area contributed by atoms with Crippen molar-refractivity contribution < 1.29 is 9.53 Å². The number of benzene rings is 3. The highest BCUT2D eigenvalue weighted by atomic mass is 16.5. The van der Waals surface area contributed by atoms with E-state index < -0.39 is 5.41 Å². The number of hydrogen-bond acceptors (Lipinski definition) is 2. The van der Waals surface area contributed by atoms with Crippen molar-refractivity contribution in [1.29, 1.82) is 0 Å². The summed E-state index contributed by atoms with van der Waals surface area (Å²) in [6.45, 7) is 5.65. The van der Waals surface area contributed by atoms with Gasteiger partial charge in [0.05, 0.1) is 6.61 Å². The summed E-state index contributed by atoms with van der Waals surface area (Å²) in [7, 11) is 0. The van der Waals surface area contributed by atoms with Gasteiger partial charge in [-0.05, 0) is 30.0 Å². The molecule has 3 aromatic rings. The van der Waals surface area contributed by atoms with Crippen LogP contribution in [0.2, 0.25) is 0 Å². The average Bonchev–Trinajstić information content (AvgIpc) is 2.73. The summed E-state index contributed by atoms with van der Waals surface area (Å²) in [5.74, 6) is -0.349. The van der Waals surface area contributed by atoms with Gasteiger partial charge in [0.15, 0.2) is 0 Å². The Bertz CT molecular complexity index is 787. The number of carbonyl (C=O) groups excluding carboxylic acids is 1. The lowest BCUT2D eigenvalue weighted by Gasteiger charge is -2.36. The van der Waals surface area contributed by atoms with Crippen molar-refractivity contribution in [3.05, 3.63) is 120 Å². The second-order valence-corrected chi connectivity index (χ2v) is 6.67. The van der Waals surface area contributed by atoms with Crippen molar-refractivity contribution in [2.45, 2.75) is 18.8 Å². The van der Waals surface area contributed by atoms with Crippen molar-refractivity contribution in [3.63, 3.8) is 0 Å². The molecule has 0 heterocycles. The fourth-order valence-corrected chi connectivity index (χ4v) is 3.52. The van der Waals surface area contributed by atoms with Gasteiger partial charge in [0, 0.05) is 11.0 Å². The van der Waals surface area contributed by atoms with E-state index in [4.69, 9.17) is 4.74 Å². The Morgan fingerprint density at radius 1 is 0.778 bits per heavy atom. The molecule has 27 heavy (non-hydrogen) atoms. The standard InChI is InChI=1S/C25H24O2/c1-20(2)24(26)27-19-18-25(21-12-6-3-7-13-21,22-14-8-4-9-15-22)23-16-10-5-11-17-23/h3-17H,1,18-19H2,2H3. The van der Waals surface area contributed by atoms with Crippen LogP contribution in [0, 0.1) is 0 Å². The molecule has 0 radical (unpaired) electrons. The minimum atomic E-state index is -0.404. The van der Waals surface area contributed by atoms with Crippen LogP contribution in [0.25, 0.3) is 0 Å². The Hall–Kier alpha value is -3.13. The summed E-state index contributed by atoms with van der Waals surface area (Å²) in [6, 6.07) is 31.2. The molecule has 2 heteroatoms. The summed E-state index contributed by atoms with van der Waals surface area (Å²) in [5.41, 5.74) is 3.54. The van der Waals surface area contributed by atoms with Gasteiger partial charge in [0.25, 0.3) is 0 Å². The summed E-state index contributed by atoms with van der Waals surface area (Å²) < 4.78 is 5.48. The minimum Gasteiger partial charge on any atom is -0.462 e. The molecule has 0 bridgehead atoms. The smallest absolute Gasteiger partial charge is 0.333 e. The van der Waals surface area contributed by atoms with Crippen LogP contribution in [-0.2, 0) is 14.9 Å². The normalized spacial score (nSPS) is 11.0. The lowest BCUT2D eigenvalue weighted by Crippen LogP contribution is -2.31. The van der Waals surface area contributed by atoms with E-state index in [0.717, 1.165) is 0 Å². The summed E-state index contributed by atoms with van der Waals surface area (Å²) >= 11 is 0. The van der Waals surface area contributed by atoms with Crippen molar-refractivity contribution in [2.24, 2.45) is 0 Å². The van der Waals surface area contributed by atoms with Gasteiger partial charge in [-0.25, -0.2) is 4.79 Å². The van der Waals surface area contributed by atoms with Crippen LogP contribution in [0.4, 0.5) is 0 Å². The Labute approximate surface area is 161 Å². The van der Waals surface area contributed by atoms with E-state index in [1.807, 2.05) is 18.2 Å². The Morgan fingerprint density at radius 2 is 1.15 bits per heavy atom. The third-order valence-electron chi connectivity index (χ3n) is 4.86. The molecule has 0 aromatic heterocycles. The van der Waals surface area contributed by atoms with Crippen LogP contribution in [0.5, 0.6) is 0 Å². The Morgan fingerprint density at radius 3 is 1.48 bits per heavy atom. The first-order valence-corrected chi connectivity index (χ1v) is 9.14. The summed E-state index contributed by atoms with van der Waals surface area (Å²) in [5, 5.41) is 0. The molecule has 0 aliphatic carbocycles. The van der Waals surface area contributed by atoms with Gasteiger partial charge >= 0.3 is 5.97 Å². The number of esters is 1. The van der Waals surface area contributed by atoms with E-state index in [1.54, 1.807) is 6.92 Å². The highest BCUT2D eigenvalue weighted by Gasteiger charge is 2.36. The second kappa shape index (κ2) is 8.50. The Balaban J connectivity index is 2.11. The molecule has 0 saturated carbocycles. The number of rotatable bonds is 7. The molecule has 3 aromatic carbocycles. The third-order valence-corrected chi connectivity index (χ3v) is 4.86. The minimum absolute atomic E-state index is 0.310. The van der Waals surface area contributed by atoms with E-state index in [1.165, 1.54) is 16.7 Å². The van der Waals surface area contributed by atoms with E-state index in [2.05, 4.69) is 79.4 Å². The highest BCUT2D eigenvalue weighted by Crippen LogP contribution is 2.42. The van der Waals surface area contributed by atoms with Crippen molar-refractivity contribution >= 4 is 5.97 Å². The molecule has 0 aliphatic rings. The van der Waals surface area contributed by atoms with E-state index >= 15 is 0 Å². The average molecular weight is 356 g/mol. The number of hydrogen-bond donors (Lipinski definition) is 0. The zero-order valence-corrected chi connectivity index (χ0v) is 15.6. The largest absolute Gasteiger partial charge is 0.462 e. The fraction of sp³-hybridized carbons (Fsp3) is 0.160. The SMILES string of the molecule is C=C(C)C(=O)OCCC(c1ccccc1)(c1ccccc1)c1ccccc1. The summed E-state index contributed by atoms with van der Waals surface area (Å²) in [6.07, 6.45) is 0.643. The van der Waals surface area contributed by atoms with Gasteiger partial charge in [0.1, 0.15) is 0 Å². The first-order valence-electron chi connectivity index (χ1n) is 9.14. The van der Waals surface area contributed by atoms with Gasteiger partial charge < -0.3 is 4.74 Å². The molecule has 0 fully saturated rings. The lowest BCUT2D eigenvalue weighted by atomic mass is 9.67. The maximum Gasteiger partial charge on any atom is 0.333 e. The third kappa shape index (κ3) is 4.01. The van der Waals surface area contributed by atoms with Crippen LogP contribution < -0.4 is 0 Å². The monoisotopic (exact) mass is 356 g/mol. The molecule has 0 unspecified atom stereocenters. The zero-order valence-electron chi connectivity index (χ0n) is 15.6. The van der Waals surface area contributed by atoms with Crippen molar-refractivity contribution in [2.75, 3.05) is 6.61 Å². The first-order chi connectivity index (χ1) is 13.1. The van der Waals surface area contributed by atoms with Crippen LogP contribution in [0.15, 0.2) is 103 Å². The van der Waals surface area contributed by atoms with E-state index in [-0.39, 0.29) is 5.97 Å². The molecule has 2 nitrogen and oxygen atoms in total. The molecule has 136 valence electrons. The fourth-order valence-electron chi connectivity index (χ4n) is 3.52. The van der Waals surface area contributed by atoms with Crippen molar-refractivity contribution in [1.82, 2.24) is 0 Å². The Kier molecular flexibility index (Phi) is 5.87. The molecule has 0 saturated heterocycles. The van der Waals surface area contributed by atoms with Crippen LogP contribution in [-0.4, -0.2) is 12.6 Å².